The molecule has 2 atom stereocenters. The van der Waals surface area contributed by atoms with E-state index in [0.717, 1.165) is 12.1 Å². The van der Waals surface area contributed by atoms with Crippen LogP contribution in [0.3, 0.4) is 0 Å². The first-order valence-electron chi connectivity index (χ1n) is 8.87. The molecular weight excluding hydrogens is 415 g/mol. The molecular formula is C21H18F3N3O2S. The van der Waals surface area contributed by atoms with Crippen LogP contribution in [0.2, 0.25) is 0 Å². The van der Waals surface area contributed by atoms with Crippen LogP contribution in [0.25, 0.3) is 0 Å². The van der Waals surface area contributed by atoms with E-state index >= 15 is 0 Å². The SMILES string of the molecule is COC(=O)C1=C(C)N(c2cccc(C(F)(F)F)c2)C(S)NC1c1ccc(C#N)cc1. The van der Waals surface area contributed by atoms with E-state index in [1.807, 2.05) is 6.07 Å². The van der Waals surface area contributed by atoms with Gasteiger partial charge in [0.1, 0.15) is 5.50 Å². The molecule has 0 fully saturated rings. The fourth-order valence-electron chi connectivity index (χ4n) is 3.38. The van der Waals surface area contributed by atoms with E-state index in [0.29, 0.717) is 16.8 Å². The fraction of sp³-hybridized carbons (Fsp3) is 0.238. The highest BCUT2D eigenvalue weighted by atomic mass is 32.1. The van der Waals surface area contributed by atoms with Crippen LogP contribution in [0, 0.1) is 11.3 Å². The minimum atomic E-state index is -4.50. The van der Waals surface area contributed by atoms with Gasteiger partial charge in [0.25, 0.3) is 0 Å². The van der Waals surface area contributed by atoms with Crippen molar-refractivity contribution < 1.29 is 22.7 Å². The Morgan fingerprint density at radius 2 is 1.90 bits per heavy atom. The second-order valence-electron chi connectivity index (χ2n) is 6.62. The molecule has 0 bridgehead atoms. The van der Waals surface area contributed by atoms with Crippen molar-refractivity contribution in [2.45, 2.75) is 24.6 Å². The summed E-state index contributed by atoms with van der Waals surface area (Å²) in [5.74, 6) is -0.619. The Morgan fingerprint density at radius 3 is 2.47 bits per heavy atom. The van der Waals surface area contributed by atoms with Gasteiger partial charge >= 0.3 is 12.1 Å². The average molecular weight is 433 g/mol. The van der Waals surface area contributed by atoms with Crippen molar-refractivity contribution in [2.24, 2.45) is 0 Å². The molecule has 0 aromatic heterocycles. The summed E-state index contributed by atoms with van der Waals surface area (Å²) in [5.41, 5.74) is 0.512. The van der Waals surface area contributed by atoms with Crippen LogP contribution in [-0.4, -0.2) is 18.6 Å². The van der Waals surface area contributed by atoms with E-state index in [1.54, 1.807) is 31.2 Å². The van der Waals surface area contributed by atoms with Crippen LogP contribution in [0.1, 0.15) is 29.7 Å². The Morgan fingerprint density at radius 1 is 1.23 bits per heavy atom. The summed E-state index contributed by atoms with van der Waals surface area (Å²) < 4.78 is 44.4. The van der Waals surface area contributed by atoms with Crippen molar-refractivity contribution >= 4 is 24.3 Å². The minimum Gasteiger partial charge on any atom is -0.466 e. The molecule has 2 aromatic carbocycles. The minimum absolute atomic E-state index is 0.231. The predicted octanol–water partition coefficient (Wildman–Crippen LogP) is 4.39. The summed E-state index contributed by atoms with van der Waals surface area (Å²) in [6.07, 6.45) is -4.50. The Hall–Kier alpha value is -2.96. The summed E-state index contributed by atoms with van der Waals surface area (Å²) in [5, 5.41) is 12.1. The number of nitriles is 1. The van der Waals surface area contributed by atoms with E-state index in [9.17, 15) is 18.0 Å². The summed E-state index contributed by atoms with van der Waals surface area (Å²) in [6.45, 7) is 1.63. The number of ether oxygens (including phenoxy) is 1. The summed E-state index contributed by atoms with van der Waals surface area (Å²) in [7, 11) is 1.24. The standard InChI is InChI=1S/C21H18F3N3O2S/c1-12-17(19(28)29-2)18(14-8-6-13(11-25)7-9-14)26-20(30)27(12)16-5-3-4-15(10-16)21(22,23)24/h3-10,18,20,26,30H,1-2H3. The Balaban J connectivity index is 2.11. The van der Waals surface area contributed by atoms with Crippen LogP contribution >= 0.6 is 12.6 Å². The number of nitrogens with zero attached hydrogens (tertiary/aromatic N) is 2. The maximum Gasteiger partial charge on any atom is 0.416 e. The summed E-state index contributed by atoms with van der Waals surface area (Å²) in [4.78, 5) is 14.1. The lowest BCUT2D eigenvalue weighted by Gasteiger charge is -2.41. The highest BCUT2D eigenvalue weighted by Gasteiger charge is 2.37. The molecule has 1 aliphatic heterocycles. The summed E-state index contributed by atoms with van der Waals surface area (Å²) in [6, 6.07) is 12.9. The lowest BCUT2D eigenvalue weighted by atomic mass is 9.94. The van der Waals surface area contributed by atoms with Crippen molar-refractivity contribution in [1.29, 1.82) is 5.26 Å². The zero-order valence-corrected chi connectivity index (χ0v) is 17.0. The molecule has 5 nitrogen and oxygen atoms in total. The first-order valence-corrected chi connectivity index (χ1v) is 9.38. The van der Waals surface area contributed by atoms with Crippen LogP contribution in [0.4, 0.5) is 18.9 Å². The third-order valence-corrected chi connectivity index (χ3v) is 5.21. The Bertz CT molecular complexity index is 1030. The second-order valence-corrected chi connectivity index (χ2v) is 7.11. The van der Waals surface area contributed by atoms with Gasteiger partial charge in [-0.3, -0.25) is 5.32 Å². The molecule has 2 unspecified atom stereocenters. The molecule has 1 aliphatic rings. The third-order valence-electron chi connectivity index (χ3n) is 4.83. The number of carbonyl (C=O) groups is 1. The number of carbonyl (C=O) groups excluding carboxylic acids is 1. The number of benzene rings is 2. The molecule has 0 amide bonds. The lowest BCUT2D eigenvalue weighted by Crippen LogP contribution is -2.49. The van der Waals surface area contributed by atoms with Gasteiger partial charge in [0.15, 0.2) is 0 Å². The molecule has 0 spiro atoms. The number of allylic oxidation sites excluding steroid dienone is 1. The first-order chi connectivity index (χ1) is 14.2. The van der Waals surface area contributed by atoms with Gasteiger partial charge < -0.3 is 9.64 Å². The molecule has 2 aromatic rings. The molecule has 1 N–H and O–H groups in total. The van der Waals surface area contributed by atoms with Gasteiger partial charge in [0, 0.05) is 11.4 Å². The van der Waals surface area contributed by atoms with Crippen LogP contribution in [0.15, 0.2) is 59.8 Å². The lowest BCUT2D eigenvalue weighted by molar-refractivity contribution is -0.138. The van der Waals surface area contributed by atoms with Crippen molar-refractivity contribution in [3.05, 3.63) is 76.5 Å². The number of methoxy groups -OCH3 is 1. The average Bonchev–Trinajstić information content (AvgIpc) is 2.72. The second kappa shape index (κ2) is 8.42. The van der Waals surface area contributed by atoms with Gasteiger partial charge in [-0.05, 0) is 42.8 Å². The van der Waals surface area contributed by atoms with Crippen molar-refractivity contribution in [2.75, 3.05) is 12.0 Å². The molecule has 0 saturated carbocycles. The number of halogens is 3. The van der Waals surface area contributed by atoms with E-state index in [-0.39, 0.29) is 11.3 Å². The van der Waals surface area contributed by atoms with Crippen LogP contribution < -0.4 is 10.2 Å². The highest BCUT2D eigenvalue weighted by Crippen LogP contribution is 2.38. The maximum atomic E-state index is 13.2. The Kier molecular flexibility index (Phi) is 6.10. The fourth-order valence-corrected chi connectivity index (χ4v) is 3.84. The molecule has 0 aliphatic carbocycles. The van der Waals surface area contributed by atoms with Gasteiger partial charge in [-0.1, -0.05) is 18.2 Å². The molecule has 0 saturated heterocycles. The highest BCUT2D eigenvalue weighted by molar-refractivity contribution is 7.81. The first kappa shape index (κ1) is 21.7. The normalized spacial score (nSPS) is 19.4. The van der Waals surface area contributed by atoms with Gasteiger partial charge in [-0.15, -0.1) is 12.6 Å². The Labute approximate surface area is 177 Å². The van der Waals surface area contributed by atoms with Crippen LogP contribution in [-0.2, 0) is 15.7 Å². The number of esters is 1. The molecule has 3 rings (SSSR count). The molecule has 9 heteroatoms. The van der Waals surface area contributed by atoms with Crippen molar-refractivity contribution in [1.82, 2.24) is 5.32 Å². The number of anilines is 1. The molecule has 0 radical (unpaired) electrons. The van der Waals surface area contributed by atoms with Crippen molar-refractivity contribution in [3.63, 3.8) is 0 Å². The molecule has 156 valence electrons. The quantitative estimate of drug-likeness (QED) is 0.555. The molecule has 1 heterocycles. The number of alkyl halides is 3. The largest absolute Gasteiger partial charge is 0.466 e. The summed E-state index contributed by atoms with van der Waals surface area (Å²) >= 11 is 4.52. The maximum absolute atomic E-state index is 13.2. The van der Waals surface area contributed by atoms with Crippen LogP contribution in [0.5, 0.6) is 0 Å². The number of nitrogens with one attached hydrogen (secondary N) is 1. The number of rotatable bonds is 3. The smallest absolute Gasteiger partial charge is 0.416 e. The van der Waals surface area contributed by atoms with Gasteiger partial charge in [0.2, 0.25) is 0 Å². The van der Waals surface area contributed by atoms with E-state index < -0.39 is 29.2 Å². The number of hydrogen-bond acceptors (Lipinski definition) is 6. The van der Waals surface area contributed by atoms with Crippen molar-refractivity contribution in [3.8, 4) is 6.07 Å². The van der Waals surface area contributed by atoms with E-state index in [2.05, 4.69) is 17.9 Å². The van der Waals surface area contributed by atoms with Gasteiger partial charge in [0.05, 0.1) is 35.9 Å². The number of thiol groups is 1. The molecule has 30 heavy (non-hydrogen) atoms. The van der Waals surface area contributed by atoms with Gasteiger partial charge in [-0.2, -0.15) is 18.4 Å². The zero-order chi connectivity index (χ0) is 22.1. The van der Waals surface area contributed by atoms with E-state index in [4.69, 9.17) is 10.00 Å². The predicted molar refractivity (Wildman–Crippen MR) is 108 cm³/mol. The zero-order valence-electron chi connectivity index (χ0n) is 16.1. The van der Waals surface area contributed by atoms with Gasteiger partial charge in [-0.25, -0.2) is 4.79 Å². The number of hydrogen-bond donors (Lipinski definition) is 2. The van der Waals surface area contributed by atoms with E-state index in [1.165, 1.54) is 24.1 Å². The third kappa shape index (κ3) is 4.15. The topological polar surface area (TPSA) is 65.4 Å². The monoisotopic (exact) mass is 433 g/mol.